The van der Waals surface area contributed by atoms with Gasteiger partial charge in [0.1, 0.15) is 0 Å². The Morgan fingerprint density at radius 2 is 1.84 bits per heavy atom. The number of piperidine rings is 1. The summed E-state index contributed by atoms with van der Waals surface area (Å²) in [5.41, 5.74) is 1.29. The number of carbonyl (C=O) groups excluding carboxylic acids is 2. The van der Waals surface area contributed by atoms with Crippen molar-refractivity contribution < 1.29 is 9.59 Å². The highest BCUT2D eigenvalue weighted by Crippen LogP contribution is 2.35. The van der Waals surface area contributed by atoms with Crippen molar-refractivity contribution in [1.29, 1.82) is 0 Å². The fraction of sp³-hybridized carbons (Fsp3) is 0.810. The van der Waals surface area contributed by atoms with E-state index in [4.69, 9.17) is 0 Å². The van der Waals surface area contributed by atoms with Crippen LogP contribution >= 0.6 is 0 Å². The number of nitrogens with one attached hydrogen (secondary N) is 1. The molecule has 2 aliphatic carbocycles. The van der Waals surface area contributed by atoms with Crippen LogP contribution in [0.15, 0.2) is 11.8 Å². The van der Waals surface area contributed by atoms with Crippen LogP contribution in [0.5, 0.6) is 0 Å². The van der Waals surface area contributed by atoms with Gasteiger partial charge >= 0.3 is 0 Å². The molecule has 3 rings (SSSR count). The first-order chi connectivity index (χ1) is 12.2. The van der Waals surface area contributed by atoms with Crippen molar-refractivity contribution in [3.63, 3.8) is 0 Å². The van der Waals surface area contributed by atoms with Crippen LogP contribution in [0.25, 0.3) is 0 Å². The topological polar surface area (TPSA) is 49.4 Å². The van der Waals surface area contributed by atoms with Gasteiger partial charge in [0.25, 0.3) is 0 Å². The van der Waals surface area contributed by atoms with E-state index in [2.05, 4.69) is 11.4 Å². The third-order valence-electron chi connectivity index (χ3n) is 6.22. The summed E-state index contributed by atoms with van der Waals surface area (Å²) in [5, 5.41) is 3.00. The lowest BCUT2D eigenvalue weighted by Crippen LogP contribution is -2.39. The Hall–Kier alpha value is -1.32. The number of carbonyl (C=O) groups is 2. The molecule has 0 spiro atoms. The first kappa shape index (κ1) is 18.5. The van der Waals surface area contributed by atoms with Gasteiger partial charge in [0.05, 0.1) is 0 Å². The molecule has 4 heteroatoms. The molecule has 0 bridgehead atoms. The molecular formula is C21H34N2O2. The lowest BCUT2D eigenvalue weighted by Gasteiger charge is -2.38. The summed E-state index contributed by atoms with van der Waals surface area (Å²) in [7, 11) is 0. The van der Waals surface area contributed by atoms with Gasteiger partial charge in [0, 0.05) is 31.6 Å². The number of hydrogen-bond donors (Lipinski definition) is 1. The fourth-order valence-corrected chi connectivity index (χ4v) is 4.77. The van der Waals surface area contributed by atoms with Crippen LogP contribution in [0.3, 0.4) is 0 Å². The maximum absolute atomic E-state index is 12.6. The third kappa shape index (κ3) is 5.32. The molecule has 0 aromatic carbocycles. The van der Waals surface area contributed by atoms with Crippen molar-refractivity contribution in [3.05, 3.63) is 11.8 Å². The lowest BCUT2D eigenvalue weighted by atomic mass is 9.85. The van der Waals surface area contributed by atoms with E-state index >= 15 is 0 Å². The number of rotatable bonds is 7. The van der Waals surface area contributed by atoms with Gasteiger partial charge in [-0.3, -0.25) is 9.59 Å². The van der Waals surface area contributed by atoms with Gasteiger partial charge in [-0.1, -0.05) is 31.8 Å². The lowest BCUT2D eigenvalue weighted by molar-refractivity contribution is -0.131. The van der Waals surface area contributed by atoms with Gasteiger partial charge < -0.3 is 10.2 Å². The molecule has 2 amide bonds. The Bertz CT molecular complexity index is 494. The van der Waals surface area contributed by atoms with Gasteiger partial charge in [0.2, 0.25) is 11.8 Å². The number of likely N-dealkylation sites (tertiary alicyclic amines) is 1. The average Bonchev–Trinajstić information content (AvgIpc) is 3.16. The fourth-order valence-electron chi connectivity index (χ4n) is 4.77. The second kappa shape index (κ2) is 9.40. The van der Waals surface area contributed by atoms with Gasteiger partial charge in [0.15, 0.2) is 0 Å². The largest absolute Gasteiger partial charge is 0.356 e. The molecule has 0 aromatic heterocycles. The Labute approximate surface area is 152 Å². The van der Waals surface area contributed by atoms with E-state index in [-0.39, 0.29) is 11.8 Å². The first-order valence-corrected chi connectivity index (χ1v) is 10.5. The van der Waals surface area contributed by atoms with Crippen molar-refractivity contribution in [3.8, 4) is 0 Å². The number of allylic oxidation sites excluding steroid dienone is 2. The molecule has 1 aliphatic heterocycles. The number of fused-ring (bicyclic) bond motifs is 1. The molecule has 25 heavy (non-hydrogen) atoms. The monoisotopic (exact) mass is 346 g/mol. The van der Waals surface area contributed by atoms with Crippen molar-refractivity contribution in [2.45, 2.75) is 83.5 Å². The van der Waals surface area contributed by atoms with Crippen LogP contribution < -0.4 is 5.32 Å². The maximum atomic E-state index is 12.6. The Morgan fingerprint density at radius 3 is 2.68 bits per heavy atom. The van der Waals surface area contributed by atoms with Gasteiger partial charge in [-0.05, 0) is 56.8 Å². The van der Waals surface area contributed by atoms with Gasteiger partial charge in [-0.15, -0.1) is 0 Å². The summed E-state index contributed by atoms with van der Waals surface area (Å²) in [4.78, 5) is 26.5. The van der Waals surface area contributed by atoms with E-state index in [9.17, 15) is 9.59 Å². The third-order valence-corrected chi connectivity index (χ3v) is 6.22. The molecular weight excluding hydrogens is 312 g/mol. The molecule has 1 saturated carbocycles. The van der Waals surface area contributed by atoms with E-state index in [1.165, 1.54) is 50.6 Å². The molecule has 2 fully saturated rings. The number of nitrogens with zero attached hydrogens (tertiary/aromatic N) is 1. The summed E-state index contributed by atoms with van der Waals surface area (Å²) in [5.74, 6) is 1.79. The summed E-state index contributed by atoms with van der Waals surface area (Å²) < 4.78 is 0. The molecule has 1 N–H and O–H groups in total. The van der Waals surface area contributed by atoms with E-state index in [1.54, 1.807) is 0 Å². The summed E-state index contributed by atoms with van der Waals surface area (Å²) in [6.07, 6.45) is 16.5. The van der Waals surface area contributed by atoms with Crippen LogP contribution in [0.4, 0.5) is 0 Å². The number of hydrogen-bond acceptors (Lipinski definition) is 2. The average molecular weight is 347 g/mol. The van der Waals surface area contributed by atoms with Crippen LogP contribution in [0.2, 0.25) is 0 Å². The highest BCUT2D eigenvalue weighted by atomic mass is 16.2. The van der Waals surface area contributed by atoms with Crippen molar-refractivity contribution in [2.75, 3.05) is 13.1 Å². The van der Waals surface area contributed by atoms with Crippen LogP contribution in [-0.4, -0.2) is 29.8 Å². The summed E-state index contributed by atoms with van der Waals surface area (Å²) in [6.45, 7) is 1.51. The Balaban J connectivity index is 1.32. The molecule has 3 aliphatic rings. The SMILES string of the molecule is O=C(CCC1CCCC1)NCCCC(=O)N1CCCC2CCCC=C21. The predicted molar refractivity (Wildman–Crippen MR) is 99.8 cm³/mol. The minimum atomic E-state index is 0.160. The molecule has 1 unspecified atom stereocenters. The van der Waals surface area contributed by atoms with E-state index in [0.717, 1.165) is 38.1 Å². The zero-order chi connectivity index (χ0) is 17.5. The van der Waals surface area contributed by atoms with E-state index in [0.29, 0.717) is 25.3 Å². The minimum Gasteiger partial charge on any atom is -0.356 e. The second-order valence-electron chi connectivity index (χ2n) is 8.09. The maximum Gasteiger partial charge on any atom is 0.226 e. The minimum absolute atomic E-state index is 0.160. The van der Waals surface area contributed by atoms with Crippen molar-refractivity contribution in [2.24, 2.45) is 11.8 Å². The zero-order valence-corrected chi connectivity index (χ0v) is 15.6. The quantitative estimate of drug-likeness (QED) is 0.704. The van der Waals surface area contributed by atoms with Crippen LogP contribution in [0.1, 0.15) is 83.5 Å². The molecule has 140 valence electrons. The number of amides is 2. The standard InChI is InChI=1S/C21H34N2O2/c24-20(14-13-17-7-1-2-8-17)22-15-5-12-21(25)23-16-6-10-18-9-3-4-11-19(18)23/h11,17-18H,1-10,12-16H2,(H,22,24). The smallest absolute Gasteiger partial charge is 0.226 e. The van der Waals surface area contributed by atoms with E-state index in [1.807, 2.05) is 4.90 Å². The van der Waals surface area contributed by atoms with Crippen molar-refractivity contribution >= 4 is 11.8 Å². The molecule has 1 atom stereocenters. The van der Waals surface area contributed by atoms with E-state index < -0.39 is 0 Å². The van der Waals surface area contributed by atoms with Crippen LogP contribution in [0, 0.1) is 11.8 Å². The highest BCUT2D eigenvalue weighted by molar-refractivity contribution is 5.78. The predicted octanol–water partition coefficient (Wildman–Crippen LogP) is 4.16. The molecule has 0 radical (unpaired) electrons. The van der Waals surface area contributed by atoms with Gasteiger partial charge in [-0.25, -0.2) is 0 Å². The zero-order valence-electron chi connectivity index (χ0n) is 15.6. The van der Waals surface area contributed by atoms with Gasteiger partial charge in [-0.2, -0.15) is 0 Å². The normalized spacial score (nSPS) is 23.9. The molecule has 1 saturated heterocycles. The second-order valence-corrected chi connectivity index (χ2v) is 8.09. The Morgan fingerprint density at radius 1 is 1.04 bits per heavy atom. The highest BCUT2D eigenvalue weighted by Gasteiger charge is 2.29. The van der Waals surface area contributed by atoms with Crippen LogP contribution in [-0.2, 0) is 9.59 Å². The summed E-state index contributed by atoms with van der Waals surface area (Å²) in [6, 6.07) is 0. The first-order valence-electron chi connectivity index (χ1n) is 10.5. The molecule has 4 nitrogen and oxygen atoms in total. The molecule has 0 aromatic rings. The summed E-state index contributed by atoms with van der Waals surface area (Å²) >= 11 is 0. The Kier molecular flexibility index (Phi) is 6.94. The van der Waals surface area contributed by atoms with Crippen molar-refractivity contribution in [1.82, 2.24) is 10.2 Å². The molecule has 1 heterocycles.